The number of benzene rings is 1. The highest BCUT2D eigenvalue weighted by Gasteiger charge is 2.20. The zero-order valence-corrected chi connectivity index (χ0v) is 9.75. The molecule has 0 saturated heterocycles. The number of aliphatic carboxylic acids is 1. The van der Waals surface area contributed by atoms with E-state index in [9.17, 15) is 14.7 Å². The number of hydrogen-bond donors (Lipinski definition) is 2. The van der Waals surface area contributed by atoms with E-state index >= 15 is 0 Å². The molecular formula is C12H15NO4. The van der Waals surface area contributed by atoms with Crippen molar-refractivity contribution in [1.29, 1.82) is 0 Å². The van der Waals surface area contributed by atoms with Gasteiger partial charge in [-0.15, -0.1) is 0 Å². The van der Waals surface area contributed by atoms with Crippen LogP contribution in [-0.2, 0) is 4.79 Å². The molecule has 0 aliphatic rings. The number of nitrogens with zero attached hydrogens (tertiary/aromatic N) is 1. The van der Waals surface area contributed by atoms with Gasteiger partial charge >= 0.3 is 5.97 Å². The fourth-order valence-electron chi connectivity index (χ4n) is 1.43. The van der Waals surface area contributed by atoms with Crippen LogP contribution in [0.15, 0.2) is 24.3 Å². The van der Waals surface area contributed by atoms with E-state index in [4.69, 9.17) is 5.11 Å². The minimum Gasteiger partial charge on any atom is -0.507 e. The summed E-state index contributed by atoms with van der Waals surface area (Å²) in [5.74, 6) is -2.10. The quantitative estimate of drug-likeness (QED) is 0.824. The van der Waals surface area contributed by atoms with Crippen LogP contribution in [0, 0.1) is 5.92 Å². The number of rotatable bonds is 4. The summed E-state index contributed by atoms with van der Waals surface area (Å²) in [5, 5.41) is 18.3. The molecule has 0 saturated carbocycles. The summed E-state index contributed by atoms with van der Waals surface area (Å²) in [6.07, 6.45) is 0. The van der Waals surface area contributed by atoms with E-state index in [0.717, 1.165) is 0 Å². The average Bonchev–Trinajstić information content (AvgIpc) is 2.28. The van der Waals surface area contributed by atoms with Crippen molar-refractivity contribution in [2.24, 2.45) is 5.92 Å². The molecule has 1 atom stereocenters. The van der Waals surface area contributed by atoms with Crippen LogP contribution in [0.3, 0.4) is 0 Å². The zero-order valence-electron chi connectivity index (χ0n) is 9.75. The number of carboxylic acid groups (broad SMARTS) is 1. The van der Waals surface area contributed by atoms with Gasteiger partial charge < -0.3 is 15.1 Å². The Hall–Kier alpha value is -2.04. The molecule has 1 aromatic rings. The van der Waals surface area contributed by atoms with Gasteiger partial charge in [0.15, 0.2) is 0 Å². The fourth-order valence-corrected chi connectivity index (χ4v) is 1.43. The third kappa shape index (κ3) is 3.21. The van der Waals surface area contributed by atoms with E-state index < -0.39 is 17.8 Å². The van der Waals surface area contributed by atoms with Crippen LogP contribution < -0.4 is 0 Å². The van der Waals surface area contributed by atoms with Gasteiger partial charge in [0.2, 0.25) is 0 Å². The maximum atomic E-state index is 11.9. The number of carboxylic acids is 1. The number of para-hydroxylation sites is 1. The normalized spacial score (nSPS) is 11.9. The summed E-state index contributed by atoms with van der Waals surface area (Å²) in [5.41, 5.74) is 0.174. The van der Waals surface area contributed by atoms with Crippen molar-refractivity contribution < 1.29 is 19.8 Å². The van der Waals surface area contributed by atoms with Crippen LogP contribution in [0.25, 0.3) is 0 Å². The van der Waals surface area contributed by atoms with Crippen LogP contribution in [0.5, 0.6) is 5.75 Å². The second-order valence-corrected chi connectivity index (χ2v) is 3.94. The number of aromatic hydroxyl groups is 1. The Balaban J connectivity index is 2.77. The van der Waals surface area contributed by atoms with Crippen molar-refractivity contribution in [3.8, 4) is 5.75 Å². The van der Waals surface area contributed by atoms with Crippen molar-refractivity contribution in [2.75, 3.05) is 13.6 Å². The van der Waals surface area contributed by atoms with E-state index in [1.807, 2.05) is 0 Å². The zero-order chi connectivity index (χ0) is 13.0. The fraction of sp³-hybridized carbons (Fsp3) is 0.333. The molecule has 92 valence electrons. The minimum atomic E-state index is -0.957. The lowest BCUT2D eigenvalue weighted by atomic mass is 10.1. The Kier molecular flexibility index (Phi) is 4.09. The monoisotopic (exact) mass is 237 g/mol. The van der Waals surface area contributed by atoms with Gasteiger partial charge in [-0.1, -0.05) is 19.1 Å². The predicted octanol–water partition coefficient (Wildman–Crippen LogP) is 1.18. The lowest BCUT2D eigenvalue weighted by Crippen LogP contribution is -2.33. The molecule has 0 heterocycles. The first kappa shape index (κ1) is 13.0. The molecule has 0 spiro atoms. The standard InChI is InChI=1S/C12H15NO4/c1-8(12(16)17)7-13(2)11(15)9-5-3-4-6-10(9)14/h3-6,8,14H,7H2,1-2H3,(H,16,17). The largest absolute Gasteiger partial charge is 0.507 e. The second kappa shape index (κ2) is 5.34. The molecule has 0 aliphatic heterocycles. The van der Waals surface area contributed by atoms with Gasteiger partial charge in [-0.3, -0.25) is 9.59 Å². The van der Waals surface area contributed by atoms with Crippen molar-refractivity contribution >= 4 is 11.9 Å². The summed E-state index contributed by atoms with van der Waals surface area (Å²) in [6.45, 7) is 1.62. The number of hydrogen-bond acceptors (Lipinski definition) is 3. The highest BCUT2D eigenvalue weighted by molar-refractivity contribution is 5.96. The van der Waals surface area contributed by atoms with Crippen LogP contribution in [0.2, 0.25) is 0 Å². The van der Waals surface area contributed by atoms with E-state index in [-0.39, 0.29) is 17.9 Å². The van der Waals surface area contributed by atoms with E-state index in [1.165, 1.54) is 31.0 Å². The van der Waals surface area contributed by atoms with E-state index in [2.05, 4.69) is 0 Å². The number of amides is 1. The molecule has 1 aromatic carbocycles. The van der Waals surface area contributed by atoms with Crippen LogP contribution in [0.4, 0.5) is 0 Å². The van der Waals surface area contributed by atoms with Gasteiger partial charge in [0, 0.05) is 13.6 Å². The molecule has 0 aliphatic carbocycles. The molecular weight excluding hydrogens is 222 g/mol. The van der Waals surface area contributed by atoms with Crippen molar-refractivity contribution in [2.45, 2.75) is 6.92 Å². The van der Waals surface area contributed by atoms with Gasteiger partial charge in [-0.2, -0.15) is 0 Å². The molecule has 17 heavy (non-hydrogen) atoms. The first-order valence-electron chi connectivity index (χ1n) is 5.19. The second-order valence-electron chi connectivity index (χ2n) is 3.94. The molecule has 0 aromatic heterocycles. The molecule has 0 fully saturated rings. The predicted molar refractivity (Wildman–Crippen MR) is 61.9 cm³/mol. The van der Waals surface area contributed by atoms with Crippen LogP contribution in [-0.4, -0.2) is 40.6 Å². The molecule has 5 heteroatoms. The SMILES string of the molecule is CC(CN(C)C(=O)c1ccccc1O)C(=O)O. The Morgan fingerprint density at radius 2 is 1.94 bits per heavy atom. The third-order valence-corrected chi connectivity index (χ3v) is 2.45. The van der Waals surface area contributed by atoms with E-state index in [1.54, 1.807) is 12.1 Å². The summed E-state index contributed by atoms with van der Waals surface area (Å²) < 4.78 is 0. The van der Waals surface area contributed by atoms with Crippen molar-refractivity contribution in [3.63, 3.8) is 0 Å². The molecule has 5 nitrogen and oxygen atoms in total. The average molecular weight is 237 g/mol. The smallest absolute Gasteiger partial charge is 0.308 e. The first-order valence-corrected chi connectivity index (χ1v) is 5.19. The number of carbonyl (C=O) groups excluding carboxylic acids is 1. The Morgan fingerprint density at radius 3 is 2.47 bits per heavy atom. The van der Waals surface area contributed by atoms with Crippen LogP contribution in [0.1, 0.15) is 17.3 Å². The summed E-state index contributed by atoms with van der Waals surface area (Å²) >= 11 is 0. The van der Waals surface area contributed by atoms with Gasteiger partial charge in [-0.25, -0.2) is 0 Å². The molecule has 2 N–H and O–H groups in total. The van der Waals surface area contributed by atoms with Gasteiger partial charge in [0.05, 0.1) is 11.5 Å². The summed E-state index contributed by atoms with van der Waals surface area (Å²) in [7, 11) is 1.51. The molecule has 1 amide bonds. The Bertz CT molecular complexity index is 430. The first-order chi connectivity index (χ1) is 7.93. The van der Waals surface area contributed by atoms with Gasteiger partial charge in [0.1, 0.15) is 5.75 Å². The highest BCUT2D eigenvalue weighted by atomic mass is 16.4. The summed E-state index contributed by atoms with van der Waals surface area (Å²) in [4.78, 5) is 23.9. The maximum Gasteiger partial charge on any atom is 0.308 e. The lowest BCUT2D eigenvalue weighted by Gasteiger charge is -2.19. The number of carbonyl (C=O) groups is 2. The molecule has 1 unspecified atom stereocenters. The highest BCUT2D eigenvalue weighted by Crippen LogP contribution is 2.17. The van der Waals surface area contributed by atoms with Gasteiger partial charge in [-0.05, 0) is 12.1 Å². The van der Waals surface area contributed by atoms with Crippen LogP contribution >= 0.6 is 0 Å². The van der Waals surface area contributed by atoms with Gasteiger partial charge in [0.25, 0.3) is 5.91 Å². The lowest BCUT2D eigenvalue weighted by molar-refractivity contribution is -0.141. The molecule has 0 bridgehead atoms. The molecule has 1 rings (SSSR count). The minimum absolute atomic E-state index is 0.0997. The molecule has 0 radical (unpaired) electrons. The van der Waals surface area contributed by atoms with E-state index in [0.29, 0.717) is 0 Å². The van der Waals surface area contributed by atoms with Crippen molar-refractivity contribution in [3.05, 3.63) is 29.8 Å². The Labute approximate surface area is 99.3 Å². The number of phenols is 1. The third-order valence-electron chi connectivity index (χ3n) is 2.45. The van der Waals surface area contributed by atoms with Crippen molar-refractivity contribution in [1.82, 2.24) is 4.90 Å². The topological polar surface area (TPSA) is 77.8 Å². The number of phenolic OH excluding ortho intramolecular Hbond substituents is 1. The maximum absolute atomic E-state index is 11.9. The summed E-state index contributed by atoms with van der Waals surface area (Å²) in [6, 6.07) is 6.18. The Morgan fingerprint density at radius 1 is 1.35 bits per heavy atom.